The maximum Gasteiger partial charge on any atom is 0.237 e. The molecule has 1 aliphatic rings. The molecular formula is C13H20ClN3OS. The van der Waals surface area contributed by atoms with E-state index in [1.807, 2.05) is 5.38 Å². The zero-order valence-corrected chi connectivity index (χ0v) is 12.8. The number of hydrogen-bond acceptors (Lipinski definition) is 4. The van der Waals surface area contributed by atoms with Gasteiger partial charge in [0, 0.05) is 25.4 Å². The van der Waals surface area contributed by atoms with Crippen LogP contribution in [-0.4, -0.2) is 42.0 Å². The highest BCUT2D eigenvalue weighted by Crippen LogP contribution is 2.19. The lowest BCUT2D eigenvalue weighted by molar-refractivity contribution is -0.127. The maximum atomic E-state index is 11.9. The lowest BCUT2D eigenvalue weighted by Gasteiger charge is -2.34. The average molecular weight is 302 g/mol. The summed E-state index contributed by atoms with van der Waals surface area (Å²) in [5.74, 6) is 0.612. The van der Waals surface area contributed by atoms with Crippen molar-refractivity contribution in [2.75, 3.05) is 20.1 Å². The van der Waals surface area contributed by atoms with Crippen LogP contribution in [0.2, 0.25) is 0 Å². The van der Waals surface area contributed by atoms with Crippen LogP contribution < -0.4 is 5.32 Å². The lowest BCUT2D eigenvalue weighted by Crippen LogP contribution is -2.49. The monoisotopic (exact) mass is 301 g/mol. The van der Waals surface area contributed by atoms with Gasteiger partial charge in [0.05, 0.1) is 22.6 Å². The third-order valence-electron chi connectivity index (χ3n) is 3.51. The third kappa shape index (κ3) is 3.91. The molecule has 0 aromatic carbocycles. The Morgan fingerprint density at radius 1 is 1.63 bits per heavy atom. The van der Waals surface area contributed by atoms with Crippen LogP contribution in [0.1, 0.15) is 30.0 Å². The molecule has 0 bridgehead atoms. The molecule has 106 valence electrons. The topological polar surface area (TPSA) is 45.2 Å². The summed E-state index contributed by atoms with van der Waals surface area (Å²) in [7, 11) is 1.71. The number of rotatable bonds is 5. The predicted molar refractivity (Wildman–Crippen MR) is 78.7 cm³/mol. The Kier molecular flexibility index (Phi) is 5.60. The molecule has 2 rings (SSSR count). The molecule has 0 spiro atoms. The second-order valence-corrected chi connectivity index (χ2v) is 5.99. The molecule has 1 unspecified atom stereocenters. The Labute approximate surface area is 123 Å². The zero-order valence-electron chi connectivity index (χ0n) is 11.2. The van der Waals surface area contributed by atoms with E-state index in [1.54, 1.807) is 18.4 Å². The van der Waals surface area contributed by atoms with Crippen molar-refractivity contribution in [1.29, 1.82) is 0 Å². The van der Waals surface area contributed by atoms with Crippen LogP contribution in [0, 0.1) is 0 Å². The van der Waals surface area contributed by atoms with Crippen LogP contribution >= 0.6 is 22.9 Å². The molecule has 1 aliphatic heterocycles. The Bertz CT molecular complexity index is 424. The number of carbonyl (C=O) groups is 1. The highest BCUT2D eigenvalue weighted by atomic mass is 35.5. The van der Waals surface area contributed by atoms with Crippen LogP contribution in [0.5, 0.6) is 0 Å². The quantitative estimate of drug-likeness (QED) is 0.847. The number of likely N-dealkylation sites (N-methyl/N-ethyl adjacent to an activating group) is 1. The summed E-state index contributed by atoms with van der Waals surface area (Å²) in [4.78, 5) is 18.6. The van der Waals surface area contributed by atoms with Crippen LogP contribution in [0.4, 0.5) is 0 Å². The number of thiazole rings is 1. The Hall–Kier alpha value is -0.650. The molecular weight excluding hydrogens is 282 g/mol. The summed E-state index contributed by atoms with van der Waals surface area (Å²) >= 11 is 7.41. The molecule has 0 saturated carbocycles. The Morgan fingerprint density at radius 2 is 2.47 bits per heavy atom. The number of nitrogens with zero attached hydrogens (tertiary/aromatic N) is 2. The summed E-state index contributed by atoms with van der Waals surface area (Å²) in [6.07, 6.45) is 4.18. The van der Waals surface area contributed by atoms with Gasteiger partial charge in [0.1, 0.15) is 0 Å². The van der Waals surface area contributed by atoms with Crippen LogP contribution in [0.3, 0.4) is 0 Å². The van der Waals surface area contributed by atoms with E-state index in [0.29, 0.717) is 5.88 Å². The third-order valence-corrected chi connectivity index (χ3v) is 4.74. The molecule has 0 aliphatic carbocycles. The first kappa shape index (κ1) is 14.8. The second-order valence-electron chi connectivity index (χ2n) is 4.78. The minimum absolute atomic E-state index is 0.0335. The van der Waals surface area contributed by atoms with Gasteiger partial charge in [0.2, 0.25) is 5.91 Å². The smallest absolute Gasteiger partial charge is 0.237 e. The van der Waals surface area contributed by atoms with Gasteiger partial charge in [-0.15, -0.1) is 22.9 Å². The average Bonchev–Trinajstić information content (AvgIpc) is 2.92. The maximum absolute atomic E-state index is 11.9. The van der Waals surface area contributed by atoms with E-state index in [0.717, 1.165) is 43.1 Å². The van der Waals surface area contributed by atoms with Crippen molar-refractivity contribution in [2.45, 2.75) is 37.6 Å². The van der Waals surface area contributed by atoms with Gasteiger partial charge in [-0.1, -0.05) is 6.42 Å². The van der Waals surface area contributed by atoms with Crippen molar-refractivity contribution in [3.05, 3.63) is 16.1 Å². The number of hydrogen-bond donors (Lipinski definition) is 1. The van der Waals surface area contributed by atoms with Gasteiger partial charge in [0.15, 0.2) is 0 Å². The van der Waals surface area contributed by atoms with E-state index in [-0.39, 0.29) is 11.9 Å². The van der Waals surface area contributed by atoms with Crippen molar-refractivity contribution in [3.63, 3.8) is 0 Å². The van der Waals surface area contributed by atoms with Crippen molar-refractivity contribution >= 4 is 28.8 Å². The standard InChI is InChI=1S/C13H20ClN3OS/c1-15-13(18)11-4-2-3-6-17(11)7-5-12-16-10(8-14)9-19-12/h9,11H,2-8H2,1H3,(H,15,18). The number of halogens is 1. The molecule has 1 fully saturated rings. The summed E-state index contributed by atoms with van der Waals surface area (Å²) in [5.41, 5.74) is 0.947. The zero-order chi connectivity index (χ0) is 13.7. The summed E-state index contributed by atoms with van der Waals surface area (Å²) in [6.45, 7) is 1.90. The van der Waals surface area contributed by atoms with Gasteiger partial charge < -0.3 is 5.32 Å². The summed E-state index contributed by atoms with van der Waals surface area (Å²) in [5, 5.41) is 5.88. The molecule has 6 heteroatoms. The Balaban J connectivity index is 1.90. The van der Waals surface area contributed by atoms with E-state index < -0.39 is 0 Å². The molecule has 19 heavy (non-hydrogen) atoms. The highest BCUT2D eigenvalue weighted by Gasteiger charge is 2.27. The van der Waals surface area contributed by atoms with Gasteiger partial charge in [-0.3, -0.25) is 9.69 Å². The van der Waals surface area contributed by atoms with E-state index in [2.05, 4.69) is 15.2 Å². The van der Waals surface area contributed by atoms with Gasteiger partial charge in [-0.2, -0.15) is 0 Å². The van der Waals surface area contributed by atoms with E-state index in [9.17, 15) is 4.79 Å². The summed E-state index contributed by atoms with van der Waals surface area (Å²) in [6, 6.07) is 0.0335. The number of piperidine rings is 1. The van der Waals surface area contributed by atoms with E-state index in [4.69, 9.17) is 11.6 Å². The van der Waals surface area contributed by atoms with Gasteiger partial charge >= 0.3 is 0 Å². The Morgan fingerprint density at radius 3 is 3.16 bits per heavy atom. The fourth-order valence-corrected chi connectivity index (χ4v) is 3.50. The fourth-order valence-electron chi connectivity index (χ4n) is 2.49. The number of carbonyl (C=O) groups excluding carboxylic acids is 1. The van der Waals surface area contributed by atoms with Crippen molar-refractivity contribution in [2.24, 2.45) is 0 Å². The lowest BCUT2D eigenvalue weighted by atomic mass is 10.0. The number of alkyl halides is 1. The van der Waals surface area contributed by atoms with Crippen molar-refractivity contribution < 1.29 is 4.79 Å². The molecule has 4 nitrogen and oxygen atoms in total. The first-order valence-corrected chi connectivity index (χ1v) is 8.11. The number of amides is 1. The molecule has 0 radical (unpaired) electrons. The van der Waals surface area contributed by atoms with Gasteiger partial charge in [0.25, 0.3) is 0 Å². The molecule has 1 atom stereocenters. The second kappa shape index (κ2) is 7.22. The van der Waals surface area contributed by atoms with E-state index >= 15 is 0 Å². The van der Waals surface area contributed by atoms with Crippen LogP contribution in [-0.2, 0) is 17.1 Å². The van der Waals surface area contributed by atoms with Crippen LogP contribution in [0.15, 0.2) is 5.38 Å². The molecule has 1 N–H and O–H groups in total. The number of aromatic nitrogens is 1. The molecule has 1 saturated heterocycles. The minimum atomic E-state index is 0.0335. The molecule has 1 aromatic heterocycles. The first-order valence-electron chi connectivity index (χ1n) is 6.69. The van der Waals surface area contributed by atoms with Crippen molar-refractivity contribution in [3.8, 4) is 0 Å². The summed E-state index contributed by atoms with van der Waals surface area (Å²) < 4.78 is 0. The normalized spacial score (nSPS) is 20.4. The van der Waals surface area contributed by atoms with E-state index in [1.165, 1.54) is 6.42 Å². The molecule has 1 aromatic rings. The largest absolute Gasteiger partial charge is 0.358 e. The number of likely N-dealkylation sites (tertiary alicyclic amines) is 1. The fraction of sp³-hybridized carbons (Fsp3) is 0.692. The SMILES string of the molecule is CNC(=O)C1CCCCN1CCc1nc(CCl)cs1. The molecule has 2 heterocycles. The van der Waals surface area contributed by atoms with Gasteiger partial charge in [-0.05, 0) is 19.4 Å². The first-order chi connectivity index (χ1) is 9.24. The minimum Gasteiger partial charge on any atom is -0.358 e. The number of nitrogens with one attached hydrogen (secondary N) is 1. The van der Waals surface area contributed by atoms with Crippen molar-refractivity contribution in [1.82, 2.24) is 15.2 Å². The van der Waals surface area contributed by atoms with Crippen LogP contribution in [0.25, 0.3) is 0 Å². The van der Waals surface area contributed by atoms with Gasteiger partial charge in [-0.25, -0.2) is 4.98 Å². The molecule has 1 amide bonds. The predicted octanol–water partition coefficient (Wildman–Crippen LogP) is 2.02. The highest BCUT2D eigenvalue weighted by molar-refractivity contribution is 7.09.